The number of anilines is 2. The van der Waals surface area contributed by atoms with Crippen molar-refractivity contribution in [3.8, 4) is 0 Å². The Morgan fingerprint density at radius 1 is 0.783 bits per heavy atom. The van der Waals surface area contributed by atoms with Gasteiger partial charge in [-0.2, -0.15) is 26.3 Å². The number of carbonyl (C=O) groups excluding carboxylic acids is 3. The maximum atomic E-state index is 12.1. The molecule has 126 valence electrons. The molecular formula is C11H5F6N2O4-. The summed E-state index contributed by atoms with van der Waals surface area (Å²) in [7, 11) is 0. The van der Waals surface area contributed by atoms with Gasteiger partial charge < -0.3 is 20.5 Å². The van der Waals surface area contributed by atoms with Crippen LogP contribution in [0.1, 0.15) is 10.4 Å². The first-order valence-electron chi connectivity index (χ1n) is 5.43. The number of aromatic carboxylic acids is 1. The largest absolute Gasteiger partial charge is 0.545 e. The molecule has 1 rings (SSSR count). The van der Waals surface area contributed by atoms with E-state index in [1.165, 1.54) is 10.6 Å². The average Bonchev–Trinajstić information content (AvgIpc) is 2.35. The van der Waals surface area contributed by atoms with E-state index in [1.54, 1.807) is 0 Å². The summed E-state index contributed by atoms with van der Waals surface area (Å²) in [6, 6.07) is 1.55. The van der Waals surface area contributed by atoms with Crippen LogP contribution in [0.2, 0.25) is 0 Å². The zero-order chi connectivity index (χ0) is 18.0. The first-order chi connectivity index (χ1) is 10.3. The van der Waals surface area contributed by atoms with E-state index in [1.807, 2.05) is 0 Å². The van der Waals surface area contributed by atoms with E-state index in [9.17, 15) is 45.8 Å². The number of rotatable bonds is 3. The standard InChI is InChI=1S/C11H6F6N2O4/c12-10(13,14)8(22)18-5-1-4(7(20)21)2-6(3-5)19-9(23)11(15,16)17/h1-3H,(H,18,22)(H,19,23)(H,20,21)/p-1. The quantitative estimate of drug-likeness (QED) is 0.802. The lowest BCUT2D eigenvalue weighted by molar-refractivity contribution is -0.255. The van der Waals surface area contributed by atoms with E-state index >= 15 is 0 Å². The number of carboxylic acids is 1. The van der Waals surface area contributed by atoms with Gasteiger partial charge in [0.2, 0.25) is 0 Å². The molecule has 1 aromatic carbocycles. The van der Waals surface area contributed by atoms with Crippen LogP contribution in [0.3, 0.4) is 0 Å². The molecule has 0 fully saturated rings. The van der Waals surface area contributed by atoms with E-state index in [-0.39, 0.29) is 0 Å². The SMILES string of the molecule is O=C([O-])c1cc(NC(=O)C(F)(F)F)cc(NC(=O)C(F)(F)F)c1. The first kappa shape index (κ1) is 18.3. The maximum absolute atomic E-state index is 12.1. The van der Waals surface area contributed by atoms with E-state index in [4.69, 9.17) is 0 Å². The molecule has 0 radical (unpaired) electrons. The number of halogens is 6. The Hall–Kier alpha value is -2.79. The van der Waals surface area contributed by atoms with Crippen molar-refractivity contribution in [3.05, 3.63) is 23.8 Å². The highest BCUT2D eigenvalue weighted by atomic mass is 19.4. The van der Waals surface area contributed by atoms with Crippen LogP contribution in [0.4, 0.5) is 37.7 Å². The van der Waals surface area contributed by atoms with Crippen molar-refractivity contribution in [2.45, 2.75) is 12.4 Å². The fraction of sp³-hybridized carbons (Fsp3) is 0.182. The minimum absolute atomic E-state index is 0.514. The molecular weight excluding hydrogens is 338 g/mol. The minimum Gasteiger partial charge on any atom is -0.545 e. The normalized spacial score (nSPS) is 11.7. The molecule has 23 heavy (non-hydrogen) atoms. The number of carboxylic acid groups (broad SMARTS) is 1. The molecule has 2 N–H and O–H groups in total. The number of amides is 2. The van der Waals surface area contributed by atoms with Crippen LogP contribution in [-0.2, 0) is 9.59 Å². The lowest BCUT2D eigenvalue weighted by Crippen LogP contribution is -2.31. The molecule has 6 nitrogen and oxygen atoms in total. The summed E-state index contributed by atoms with van der Waals surface area (Å²) in [5.41, 5.74) is -2.46. The van der Waals surface area contributed by atoms with Crippen LogP contribution in [-0.4, -0.2) is 30.1 Å². The summed E-state index contributed by atoms with van der Waals surface area (Å²) < 4.78 is 72.6. The predicted octanol–water partition coefficient (Wildman–Crippen LogP) is 1.05. The van der Waals surface area contributed by atoms with Crippen molar-refractivity contribution < 1.29 is 45.8 Å². The zero-order valence-electron chi connectivity index (χ0n) is 10.6. The van der Waals surface area contributed by atoms with Crippen molar-refractivity contribution in [3.63, 3.8) is 0 Å². The second-order valence-corrected chi connectivity index (χ2v) is 3.99. The summed E-state index contributed by atoms with van der Waals surface area (Å²) in [6.45, 7) is 0. The van der Waals surface area contributed by atoms with Gasteiger partial charge in [-0.05, 0) is 18.2 Å². The van der Waals surface area contributed by atoms with Crippen LogP contribution < -0.4 is 15.7 Å². The number of carbonyl (C=O) groups is 3. The lowest BCUT2D eigenvalue weighted by atomic mass is 10.1. The molecule has 0 aromatic heterocycles. The molecule has 0 aliphatic heterocycles. The monoisotopic (exact) mass is 343 g/mol. The first-order valence-corrected chi connectivity index (χ1v) is 5.43. The highest BCUT2D eigenvalue weighted by Crippen LogP contribution is 2.24. The van der Waals surface area contributed by atoms with E-state index in [0.717, 1.165) is 0 Å². The van der Waals surface area contributed by atoms with Gasteiger partial charge in [0, 0.05) is 16.9 Å². The lowest BCUT2D eigenvalue weighted by Gasteiger charge is -2.14. The molecule has 0 unspecified atom stereocenters. The van der Waals surface area contributed by atoms with E-state index in [0.29, 0.717) is 18.2 Å². The van der Waals surface area contributed by atoms with Crippen LogP contribution in [0, 0.1) is 0 Å². The smallest absolute Gasteiger partial charge is 0.471 e. The fourth-order valence-electron chi connectivity index (χ4n) is 1.29. The summed E-state index contributed by atoms with van der Waals surface area (Å²) in [5, 5.41) is 13.2. The van der Waals surface area contributed by atoms with Gasteiger partial charge in [0.1, 0.15) is 0 Å². The Balaban J connectivity index is 3.16. The number of hydrogen-bond donors (Lipinski definition) is 2. The van der Waals surface area contributed by atoms with Crippen molar-refractivity contribution >= 4 is 29.2 Å². The molecule has 12 heteroatoms. The van der Waals surface area contributed by atoms with Crippen molar-refractivity contribution in [2.75, 3.05) is 10.6 Å². The number of benzene rings is 1. The van der Waals surface area contributed by atoms with Crippen LogP contribution >= 0.6 is 0 Å². The van der Waals surface area contributed by atoms with Gasteiger partial charge in [-0.15, -0.1) is 0 Å². The summed E-state index contributed by atoms with van der Waals surface area (Å²) in [6.07, 6.45) is -10.6. The maximum Gasteiger partial charge on any atom is 0.471 e. The average molecular weight is 343 g/mol. The van der Waals surface area contributed by atoms with Gasteiger partial charge in [0.15, 0.2) is 0 Å². The van der Waals surface area contributed by atoms with Gasteiger partial charge in [-0.25, -0.2) is 0 Å². The molecule has 0 heterocycles. The molecule has 2 amide bonds. The van der Waals surface area contributed by atoms with Crippen molar-refractivity contribution in [1.29, 1.82) is 0 Å². The summed E-state index contributed by atoms with van der Waals surface area (Å²) in [4.78, 5) is 32.2. The van der Waals surface area contributed by atoms with Crippen LogP contribution in [0.25, 0.3) is 0 Å². The third kappa shape index (κ3) is 5.16. The summed E-state index contributed by atoms with van der Waals surface area (Å²) >= 11 is 0. The van der Waals surface area contributed by atoms with Gasteiger partial charge in [0.05, 0.1) is 5.97 Å². The van der Waals surface area contributed by atoms with Crippen molar-refractivity contribution in [2.24, 2.45) is 0 Å². The van der Waals surface area contributed by atoms with Gasteiger partial charge in [-0.1, -0.05) is 0 Å². The van der Waals surface area contributed by atoms with Gasteiger partial charge >= 0.3 is 24.2 Å². The number of hydrogen-bond acceptors (Lipinski definition) is 4. The van der Waals surface area contributed by atoms with Gasteiger partial charge in [0.25, 0.3) is 0 Å². The molecule has 0 spiro atoms. The highest BCUT2D eigenvalue weighted by Gasteiger charge is 2.40. The number of alkyl halides is 6. The highest BCUT2D eigenvalue weighted by molar-refractivity contribution is 6.00. The molecule has 0 bridgehead atoms. The molecule has 1 aromatic rings. The van der Waals surface area contributed by atoms with Crippen LogP contribution in [0.5, 0.6) is 0 Å². The van der Waals surface area contributed by atoms with E-state index in [2.05, 4.69) is 0 Å². The van der Waals surface area contributed by atoms with Gasteiger partial charge in [-0.3, -0.25) is 9.59 Å². The van der Waals surface area contributed by atoms with Crippen molar-refractivity contribution in [1.82, 2.24) is 0 Å². The second kappa shape index (κ2) is 6.14. The van der Waals surface area contributed by atoms with Crippen LogP contribution in [0.15, 0.2) is 18.2 Å². The number of nitrogens with one attached hydrogen (secondary N) is 2. The topological polar surface area (TPSA) is 98.3 Å². The third-order valence-corrected chi connectivity index (χ3v) is 2.20. The third-order valence-electron chi connectivity index (χ3n) is 2.20. The predicted molar refractivity (Wildman–Crippen MR) is 60.1 cm³/mol. The second-order valence-electron chi connectivity index (χ2n) is 3.99. The zero-order valence-corrected chi connectivity index (χ0v) is 10.6. The minimum atomic E-state index is -5.31. The van der Waals surface area contributed by atoms with E-state index < -0.39 is 47.1 Å². The Morgan fingerprint density at radius 2 is 1.13 bits per heavy atom. The molecule has 0 aliphatic rings. The molecule has 0 aliphatic carbocycles. The molecule has 0 atom stereocenters. The summed E-state index contributed by atoms with van der Waals surface area (Å²) in [5.74, 6) is -6.92. The Kier molecular flexibility index (Phi) is 4.87. The Morgan fingerprint density at radius 3 is 1.39 bits per heavy atom. The molecule has 0 saturated carbocycles. The fourth-order valence-corrected chi connectivity index (χ4v) is 1.29. The molecule has 0 saturated heterocycles. The Bertz CT molecular complexity index is 607. The Labute approximate surface area is 123 Å².